The van der Waals surface area contributed by atoms with Crippen molar-refractivity contribution in [1.29, 1.82) is 0 Å². The molecule has 1 aliphatic heterocycles. The van der Waals surface area contributed by atoms with Crippen LogP contribution in [0, 0.1) is 45.8 Å². The lowest BCUT2D eigenvalue weighted by molar-refractivity contribution is -0.214. The molecule has 244 valence electrons. The van der Waals surface area contributed by atoms with Gasteiger partial charge in [-0.25, -0.2) is 4.79 Å². The molecule has 11 atom stereocenters. The zero-order chi connectivity index (χ0) is 32.1. The maximum absolute atomic E-state index is 13.5. The quantitative estimate of drug-likeness (QED) is 0.188. The van der Waals surface area contributed by atoms with Gasteiger partial charge in [0.1, 0.15) is 6.10 Å². The lowest BCUT2D eigenvalue weighted by Crippen LogP contribution is -2.64. The fourth-order valence-corrected chi connectivity index (χ4v) is 10.2. The molecule has 43 heavy (non-hydrogen) atoms. The third-order valence-electron chi connectivity index (χ3n) is 12.5. The molecule has 3 N–H and O–H groups in total. The van der Waals surface area contributed by atoms with Crippen LogP contribution in [-0.2, 0) is 19.1 Å². The number of esters is 1. The minimum absolute atomic E-state index is 0.000563. The van der Waals surface area contributed by atoms with Gasteiger partial charge < -0.3 is 24.8 Å². The number of allylic oxidation sites excluding steroid dienone is 2. The molecule has 1 saturated heterocycles. The van der Waals surface area contributed by atoms with E-state index < -0.39 is 40.6 Å². The number of carbonyl (C=O) groups is 2. The minimum atomic E-state index is -1.21. The van der Waals surface area contributed by atoms with Crippen LogP contribution in [0.5, 0.6) is 0 Å². The second-order valence-corrected chi connectivity index (χ2v) is 16.0. The maximum atomic E-state index is 13.5. The molecule has 0 bridgehead atoms. The van der Waals surface area contributed by atoms with E-state index in [2.05, 4.69) is 46.8 Å². The molecule has 3 aliphatic carbocycles. The largest absolute Gasteiger partial charge is 0.481 e. The zero-order valence-electron chi connectivity index (χ0n) is 28.1. The van der Waals surface area contributed by atoms with Crippen molar-refractivity contribution in [2.45, 2.75) is 138 Å². The molecule has 0 amide bonds. The number of carboxylic acids is 1. The second kappa shape index (κ2) is 12.2. The minimum Gasteiger partial charge on any atom is -0.481 e. The molecule has 1 heterocycles. The van der Waals surface area contributed by atoms with E-state index in [0.717, 1.165) is 32.3 Å². The van der Waals surface area contributed by atoms with Crippen molar-refractivity contribution >= 4 is 11.9 Å². The van der Waals surface area contributed by atoms with E-state index in [1.807, 2.05) is 13.8 Å². The van der Waals surface area contributed by atoms with Crippen LogP contribution in [0.1, 0.15) is 114 Å². The summed E-state index contributed by atoms with van der Waals surface area (Å²) in [5.41, 5.74) is 0.328. The number of aliphatic carboxylic acids is 1. The fraction of sp³-hybridized carbons (Fsp3) is 0.833. The summed E-state index contributed by atoms with van der Waals surface area (Å²) in [6, 6.07) is 0. The third kappa shape index (κ3) is 6.12. The molecule has 0 spiro atoms. The van der Waals surface area contributed by atoms with Crippen molar-refractivity contribution < 1.29 is 34.4 Å². The van der Waals surface area contributed by atoms with Gasteiger partial charge in [0.05, 0.1) is 18.3 Å². The van der Waals surface area contributed by atoms with Crippen LogP contribution in [0.4, 0.5) is 0 Å². The first-order valence-corrected chi connectivity index (χ1v) is 16.7. The highest BCUT2D eigenvalue weighted by Crippen LogP contribution is 2.72. The summed E-state index contributed by atoms with van der Waals surface area (Å²) in [6.45, 7) is 19.1. The van der Waals surface area contributed by atoms with E-state index in [-0.39, 0.29) is 35.7 Å². The first-order chi connectivity index (χ1) is 19.9. The molecule has 3 fully saturated rings. The molecule has 0 aromatic heterocycles. The van der Waals surface area contributed by atoms with Crippen molar-refractivity contribution in [3.63, 3.8) is 0 Å². The molecule has 0 radical (unpaired) electrons. The molecule has 7 nitrogen and oxygen atoms in total. The van der Waals surface area contributed by atoms with Crippen LogP contribution in [0.15, 0.2) is 23.3 Å². The molecule has 7 heteroatoms. The Bertz CT molecular complexity index is 1120. The number of hydrogen-bond donors (Lipinski definition) is 3. The number of hydrogen-bond acceptors (Lipinski definition) is 6. The maximum Gasteiger partial charge on any atom is 0.335 e. The number of ether oxygens (including phenoxy) is 2. The Labute approximate surface area is 259 Å². The normalized spacial score (nSPS) is 40.6. The highest BCUT2D eigenvalue weighted by molar-refractivity contribution is 5.75. The predicted octanol–water partition coefficient (Wildman–Crippen LogP) is 6.71. The molecule has 0 unspecified atom stereocenters. The lowest BCUT2D eigenvalue weighted by atomic mass is 9.39. The summed E-state index contributed by atoms with van der Waals surface area (Å²) < 4.78 is 12.6. The Hall–Kier alpha value is -1.70. The van der Waals surface area contributed by atoms with E-state index in [1.165, 1.54) is 11.1 Å². The van der Waals surface area contributed by atoms with Gasteiger partial charge in [-0.3, -0.25) is 4.79 Å². The summed E-state index contributed by atoms with van der Waals surface area (Å²) in [7, 11) is 0. The number of rotatable bonds is 10. The Kier molecular flexibility index (Phi) is 9.73. The first kappa shape index (κ1) is 34.2. The van der Waals surface area contributed by atoms with Crippen molar-refractivity contribution in [2.24, 2.45) is 45.8 Å². The van der Waals surface area contributed by atoms with Gasteiger partial charge in [0, 0.05) is 11.8 Å². The van der Waals surface area contributed by atoms with Crippen molar-refractivity contribution in [2.75, 3.05) is 6.61 Å². The Balaban J connectivity index is 1.76. The summed E-state index contributed by atoms with van der Waals surface area (Å²) in [5, 5.41) is 32.2. The molecule has 0 aromatic rings. The monoisotopic (exact) mass is 602 g/mol. The van der Waals surface area contributed by atoms with E-state index in [4.69, 9.17) is 9.47 Å². The van der Waals surface area contributed by atoms with Gasteiger partial charge >= 0.3 is 11.9 Å². The van der Waals surface area contributed by atoms with Crippen LogP contribution in [0.2, 0.25) is 0 Å². The number of aliphatic hydroxyl groups excluding tert-OH is 1. The SMILES string of the molecule is CC[C@@H](C)[C@@H](O)C(=O)O[C@@H]1C[C@H](C(C)(C)O)[C@](C)(CCC(=O)O)[C@H]2CC[C@]3(C)C(=CC[C@H]3[C@H]3CO[C@H](C=C(C)C)C3)[C@@]21C. The predicted molar refractivity (Wildman–Crippen MR) is 167 cm³/mol. The Morgan fingerprint density at radius 3 is 2.47 bits per heavy atom. The molecular formula is C36H58O7. The third-order valence-corrected chi connectivity index (χ3v) is 12.5. The fourth-order valence-electron chi connectivity index (χ4n) is 10.2. The van der Waals surface area contributed by atoms with Crippen LogP contribution < -0.4 is 0 Å². The van der Waals surface area contributed by atoms with E-state index >= 15 is 0 Å². The molecule has 4 rings (SSSR count). The molecule has 0 aromatic carbocycles. The summed E-state index contributed by atoms with van der Waals surface area (Å²) in [4.78, 5) is 25.4. The smallest absolute Gasteiger partial charge is 0.335 e. The molecule has 2 saturated carbocycles. The van der Waals surface area contributed by atoms with Gasteiger partial charge in [-0.1, -0.05) is 64.3 Å². The number of carbonyl (C=O) groups excluding carboxylic acids is 1. The number of aliphatic hydroxyl groups is 2. The molecular weight excluding hydrogens is 544 g/mol. The first-order valence-electron chi connectivity index (χ1n) is 16.7. The van der Waals surface area contributed by atoms with Crippen LogP contribution in [0.25, 0.3) is 0 Å². The van der Waals surface area contributed by atoms with Gasteiger partial charge in [0.25, 0.3) is 0 Å². The van der Waals surface area contributed by atoms with Crippen LogP contribution >= 0.6 is 0 Å². The van der Waals surface area contributed by atoms with Crippen molar-refractivity contribution in [1.82, 2.24) is 0 Å². The van der Waals surface area contributed by atoms with E-state index in [0.29, 0.717) is 31.1 Å². The average Bonchev–Trinajstić information content (AvgIpc) is 3.51. The highest BCUT2D eigenvalue weighted by atomic mass is 16.6. The van der Waals surface area contributed by atoms with Crippen molar-refractivity contribution in [3.05, 3.63) is 23.3 Å². The second-order valence-electron chi connectivity index (χ2n) is 16.0. The number of fused-ring (bicyclic) bond motifs is 3. The molecule has 4 aliphatic rings. The summed E-state index contributed by atoms with van der Waals surface area (Å²) in [6.07, 6.45) is 8.33. The van der Waals surface area contributed by atoms with Crippen LogP contribution in [0.3, 0.4) is 0 Å². The van der Waals surface area contributed by atoms with Crippen LogP contribution in [-0.4, -0.2) is 57.8 Å². The topological polar surface area (TPSA) is 113 Å². The van der Waals surface area contributed by atoms with E-state index in [1.54, 1.807) is 13.8 Å². The van der Waals surface area contributed by atoms with Gasteiger partial charge in [-0.15, -0.1) is 0 Å². The summed E-state index contributed by atoms with van der Waals surface area (Å²) >= 11 is 0. The lowest BCUT2D eigenvalue weighted by Gasteiger charge is -2.66. The summed E-state index contributed by atoms with van der Waals surface area (Å²) in [5.74, 6) is -1.11. The van der Waals surface area contributed by atoms with Gasteiger partial charge in [0.15, 0.2) is 6.10 Å². The standard InChI is InChI=1S/C36H58O7/c1-10-22(4)31(39)32(40)43-29-19-28(33(5,6)41)35(8,16-14-30(37)38)27-13-15-34(7)25(11-12-26(34)36(27,29)9)23-18-24(42-20-23)17-21(2)3/h12,17,22-25,27-29,31,39,41H,10-11,13-16,18-20H2,1-9H3,(H,37,38)/t22-,23-,24-,25+,27-,28-,29-,31-,34+,35-,36+/m1/s1. The van der Waals surface area contributed by atoms with Gasteiger partial charge in [0.2, 0.25) is 0 Å². The number of carboxylic acid groups (broad SMARTS) is 1. The van der Waals surface area contributed by atoms with Gasteiger partial charge in [-0.05, 0) is 107 Å². The van der Waals surface area contributed by atoms with E-state index in [9.17, 15) is 24.9 Å². The Morgan fingerprint density at radius 1 is 1.21 bits per heavy atom. The highest BCUT2D eigenvalue weighted by Gasteiger charge is 2.68. The van der Waals surface area contributed by atoms with Gasteiger partial charge in [-0.2, -0.15) is 0 Å². The van der Waals surface area contributed by atoms with Crippen molar-refractivity contribution in [3.8, 4) is 0 Å². The zero-order valence-corrected chi connectivity index (χ0v) is 28.1. The average molecular weight is 603 g/mol. The Morgan fingerprint density at radius 2 is 1.88 bits per heavy atom.